The van der Waals surface area contributed by atoms with Crippen molar-refractivity contribution in [1.82, 2.24) is 14.8 Å². The number of aromatic nitrogens is 3. The number of nitrogens with one attached hydrogen (secondary N) is 1. The van der Waals surface area contributed by atoms with E-state index in [1.54, 1.807) is 16.9 Å². The minimum Gasteiger partial charge on any atom is -0.439 e. The van der Waals surface area contributed by atoms with Crippen LogP contribution in [0.2, 0.25) is 25.7 Å². The van der Waals surface area contributed by atoms with E-state index in [2.05, 4.69) is 34.7 Å². The average molecular weight is 454 g/mol. The summed E-state index contributed by atoms with van der Waals surface area (Å²) < 4.78 is 13.3. The molecule has 0 aliphatic carbocycles. The Morgan fingerprint density at radius 2 is 2.09 bits per heavy atom. The van der Waals surface area contributed by atoms with Crippen LogP contribution < -0.4 is 4.74 Å². The van der Waals surface area contributed by atoms with Crippen molar-refractivity contribution in [3.8, 4) is 11.6 Å². The maximum Gasteiger partial charge on any atom is 0.219 e. The van der Waals surface area contributed by atoms with Gasteiger partial charge in [-0.15, -0.1) is 0 Å². The van der Waals surface area contributed by atoms with Crippen molar-refractivity contribution >= 4 is 30.9 Å². The minimum absolute atomic E-state index is 0.0431. The molecule has 8 nitrogen and oxygen atoms in total. The summed E-state index contributed by atoms with van der Waals surface area (Å²) in [6, 6.07) is 10.4. The zero-order valence-electron chi connectivity index (χ0n) is 18.9. The number of aliphatic hydroxyl groups excluding tert-OH is 1. The molecule has 3 aromatic rings. The van der Waals surface area contributed by atoms with Gasteiger partial charge < -0.3 is 20.0 Å². The van der Waals surface area contributed by atoms with Crippen LogP contribution in [0.5, 0.6) is 11.6 Å². The number of rotatable bonds is 12. The first-order chi connectivity index (χ1) is 15.4. The standard InChI is InChI=1S/C23H31N5O3Si/c1-32(2,3)13-12-30-17-26-21(8-9-24)18-4-7-23(25-15-18)31-20-5-6-22-19(14-20)16-28(27-22)10-11-29/h4-7,9,14-16,24,29H,8,10-13,17H2,1-3H3. The molecule has 0 saturated heterocycles. The van der Waals surface area contributed by atoms with E-state index in [0.717, 1.165) is 28.2 Å². The SMILES string of the molecule is C[Si](C)(C)CCOCN=C(CC=N)c1ccc(Oc2ccc3nn(CCO)cc3c2)nc1. The van der Waals surface area contributed by atoms with E-state index in [0.29, 0.717) is 31.2 Å². The van der Waals surface area contributed by atoms with Crippen molar-refractivity contribution in [3.63, 3.8) is 0 Å². The third-order valence-corrected chi connectivity index (χ3v) is 6.49. The van der Waals surface area contributed by atoms with Crippen LogP contribution in [0.1, 0.15) is 12.0 Å². The summed E-state index contributed by atoms with van der Waals surface area (Å²) in [7, 11) is -1.12. The Kier molecular flexibility index (Phi) is 8.26. The van der Waals surface area contributed by atoms with Gasteiger partial charge in [-0.1, -0.05) is 19.6 Å². The Morgan fingerprint density at radius 1 is 1.25 bits per heavy atom. The van der Waals surface area contributed by atoms with E-state index in [4.69, 9.17) is 20.0 Å². The molecule has 170 valence electrons. The molecule has 0 amide bonds. The molecule has 2 N–H and O–H groups in total. The molecular formula is C23H31N5O3Si. The molecule has 32 heavy (non-hydrogen) atoms. The van der Waals surface area contributed by atoms with Gasteiger partial charge in [-0.2, -0.15) is 5.10 Å². The first-order valence-electron chi connectivity index (χ1n) is 10.7. The van der Waals surface area contributed by atoms with Gasteiger partial charge in [0.2, 0.25) is 5.88 Å². The molecule has 0 atom stereocenters. The van der Waals surface area contributed by atoms with Crippen molar-refractivity contribution < 1.29 is 14.6 Å². The number of pyridine rings is 1. The zero-order valence-corrected chi connectivity index (χ0v) is 19.9. The van der Waals surface area contributed by atoms with Crippen LogP contribution in [0, 0.1) is 5.41 Å². The van der Waals surface area contributed by atoms with E-state index >= 15 is 0 Å². The van der Waals surface area contributed by atoms with E-state index in [1.165, 1.54) is 6.21 Å². The first kappa shape index (κ1) is 23.8. The number of aliphatic imine (C=N–C) groups is 1. The second-order valence-corrected chi connectivity index (χ2v) is 14.3. The number of ether oxygens (including phenoxy) is 2. The first-order valence-corrected chi connectivity index (χ1v) is 14.4. The van der Waals surface area contributed by atoms with Gasteiger partial charge in [-0.05, 0) is 30.3 Å². The highest BCUT2D eigenvalue weighted by Gasteiger charge is 2.12. The fraction of sp³-hybridized carbons (Fsp3) is 0.391. The minimum atomic E-state index is -1.12. The lowest BCUT2D eigenvalue weighted by atomic mass is 10.1. The molecule has 0 unspecified atom stereocenters. The summed E-state index contributed by atoms with van der Waals surface area (Å²) in [5.74, 6) is 1.13. The van der Waals surface area contributed by atoms with Crippen molar-refractivity contribution in [2.24, 2.45) is 4.99 Å². The number of hydrogen-bond donors (Lipinski definition) is 2. The van der Waals surface area contributed by atoms with Gasteiger partial charge in [0.05, 0.1) is 24.4 Å². The third kappa shape index (κ3) is 7.08. The Bertz CT molecular complexity index is 1060. The molecule has 0 fully saturated rings. The van der Waals surface area contributed by atoms with Crippen LogP contribution in [0.25, 0.3) is 10.9 Å². The molecule has 1 aromatic carbocycles. The van der Waals surface area contributed by atoms with Crippen molar-refractivity contribution in [3.05, 3.63) is 48.3 Å². The Labute approximate surface area is 189 Å². The topological polar surface area (TPSA) is 106 Å². The van der Waals surface area contributed by atoms with Gasteiger partial charge in [0.25, 0.3) is 0 Å². The summed E-state index contributed by atoms with van der Waals surface area (Å²) in [5, 5.41) is 21.9. The van der Waals surface area contributed by atoms with Crippen LogP contribution in [0.4, 0.5) is 0 Å². The molecule has 2 aromatic heterocycles. The van der Waals surface area contributed by atoms with E-state index in [-0.39, 0.29) is 13.3 Å². The van der Waals surface area contributed by atoms with Gasteiger partial charge in [0, 0.05) is 56.7 Å². The molecule has 0 spiro atoms. The van der Waals surface area contributed by atoms with E-state index in [9.17, 15) is 0 Å². The molecule has 0 aliphatic rings. The van der Waals surface area contributed by atoms with Crippen LogP contribution in [0.15, 0.2) is 47.7 Å². The smallest absolute Gasteiger partial charge is 0.219 e. The maximum absolute atomic E-state index is 9.07. The third-order valence-electron chi connectivity index (χ3n) is 4.78. The largest absolute Gasteiger partial charge is 0.439 e. The molecule has 9 heteroatoms. The summed E-state index contributed by atoms with van der Waals surface area (Å²) in [6.45, 7) is 8.45. The molecule has 3 rings (SSSR count). The lowest BCUT2D eigenvalue weighted by molar-refractivity contribution is 0.155. The average Bonchev–Trinajstić information content (AvgIpc) is 3.14. The van der Waals surface area contributed by atoms with Crippen molar-refractivity contribution in [1.29, 1.82) is 5.41 Å². The Hall–Kier alpha value is -2.88. The van der Waals surface area contributed by atoms with E-state index in [1.807, 2.05) is 30.5 Å². The van der Waals surface area contributed by atoms with Crippen LogP contribution in [-0.2, 0) is 11.3 Å². The van der Waals surface area contributed by atoms with Crippen molar-refractivity contribution in [2.75, 3.05) is 19.9 Å². The second-order valence-electron chi connectivity index (χ2n) is 8.68. The number of hydrogen-bond acceptors (Lipinski definition) is 7. The summed E-state index contributed by atoms with van der Waals surface area (Å²) in [5.41, 5.74) is 2.45. The highest BCUT2D eigenvalue weighted by Crippen LogP contribution is 2.24. The monoisotopic (exact) mass is 453 g/mol. The van der Waals surface area contributed by atoms with E-state index < -0.39 is 8.07 Å². The maximum atomic E-state index is 9.07. The van der Waals surface area contributed by atoms with Gasteiger partial charge >= 0.3 is 0 Å². The Balaban J connectivity index is 1.63. The Morgan fingerprint density at radius 3 is 2.78 bits per heavy atom. The summed E-state index contributed by atoms with van der Waals surface area (Å²) >= 11 is 0. The second kappa shape index (κ2) is 11.1. The lowest BCUT2D eigenvalue weighted by Crippen LogP contribution is -2.21. The zero-order chi connectivity index (χ0) is 23.0. The van der Waals surface area contributed by atoms with Gasteiger partial charge in [0.15, 0.2) is 0 Å². The highest BCUT2D eigenvalue weighted by molar-refractivity contribution is 6.76. The predicted molar refractivity (Wildman–Crippen MR) is 130 cm³/mol. The summed E-state index contributed by atoms with van der Waals surface area (Å²) in [4.78, 5) is 8.92. The van der Waals surface area contributed by atoms with Crippen LogP contribution in [-0.4, -0.2) is 59.8 Å². The van der Waals surface area contributed by atoms with Gasteiger partial charge in [0.1, 0.15) is 12.5 Å². The molecule has 0 saturated carbocycles. The van der Waals surface area contributed by atoms with Gasteiger partial charge in [-0.3, -0.25) is 9.67 Å². The molecule has 2 heterocycles. The molecule has 0 aliphatic heterocycles. The van der Waals surface area contributed by atoms with Gasteiger partial charge in [-0.25, -0.2) is 4.98 Å². The number of fused-ring (bicyclic) bond motifs is 1. The van der Waals surface area contributed by atoms with Crippen LogP contribution >= 0.6 is 0 Å². The number of nitrogens with zero attached hydrogens (tertiary/aromatic N) is 4. The van der Waals surface area contributed by atoms with Crippen molar-refractivity contribution in [2.45, 2.75) is 38.7 Å². The molecule has 0 radical (unpaired) electrons. The molecular weight excluding hydrogens is 422 g/mol. The fourth-order valence-corrected chi connectivity index (χ4v) is 3.76. The number of aliphatic hydroxyl groups is 1. The lowest BCUT2D eigenvalue weighted by Gasteiger charge is -2.14. The molecule has 0 bridgehead atoms. The number of benzene rings is 1. The highest BCUT2D eigenvalue weighted by atomic mass is 28.3. The predicted octanol–water partition coefficient (Wildman–Crippen LogP) is 4.36. The fourth-order valence-electron chi connectivity index (χ4n) is 3.00. The quantitative estimate of drug-likeness (QED) is 0.241. The summed E-state index contributed by atoms with van der Waals surface area (Å²) in [6.07, 6.45) is 5.34. The normalized spacial score (nSPS) is 12.3. The van der Waals surface area contributed by atoms with Crippen LogP contribution in [0.3, 0.4) is 0 Å².